The van der Waals surface area contributed by atoms with E-state index in [-0.39, 0.29) is 5.97 Å². The minimum absolute atomic E-state index is 0.368. The van der Waals surface area contributed by atoms with E-state index >= 15 is 0 Å². The first kappa shape index (κ1) is 21.6. The first-order valence-corrected chi connectivity index (χ1v) is 10.4. The molecule has 0 aromatic heterocycles. The highest BCUT2D eigenvalue weighted by Gasteiger charge is 2.09. The Morgan fingerprint density at radius 3 is 2.10 bits per heavy atom. The topological polar surface area (TPSA) is 26.3 Å². The summed E-state index contributed by atoms with van der Waals surface area (Å²) in [6.07, 6.45) is 7.39. The molecule has 0 amide bonds. The number of esters is 1. The van der Waals surface area contributed by atoms with Crippen molar-refractivity contribution in [3.63, 3.8) is 0 Å². The van der Waals surface area contributed by atoms with Gasteiger partial charge in [0.1, 0.15) is 5.75 Å². The van der Waals surface area contributed by atoms with Crippen molar-refractivity contribution in [1.82, 2.24) is 0 Å². The second-order valence-corrected chi connectivity index (χ2v) is 7.48. The lowest BCUT2D eigenvalue weighted by atomic mass is 10.0. The molecule has 3 aromatic rings. The number of hydrogen-bond acceptors (Lipinski definition) is 2. The number of allylic oxidation sites excluding steroid dienone is 2. The fourth-order valence-corrected chi connectivity index (χ4v) is 3.42. The highest BCUT2D eigenvalue weighted by atomic mass is 35.5. The van der Waals surface area contributed by atoms with Crippen molar-refractivity contribution in [2.24, 2.45) is 0 Å². The first-order valence-electron chi connectivity index (χ1n) is 10.0. The van der Waals surface area contributed by atoms with Crippen LogP contribution in [0.3, 0.4) is 0 Å². The summed E-state index contributed by atoms with van der Waals surface area (Å²) in [6.45, 7) is 7.48. The second-order valence-electron chi connectivity index (χ2n) is 7.07. The van der Waals surface area contributed by atoms with Crippen LogP contribution in [0.5, 0.6) is 5.75 Å². The van der Waals surface area contributed by atoms with Crippen molar-refractivity contribution in [3.8, 4) is 16.9 Å². The maximum absolute atomic E-state index is 12.4. The highest BCUT2D eigenvalue weighted by Crippen LogP contribution is 2.28. The van der Waals surface area contributed by atoms with Crippen LogP contribution in [-0.2, 0) is 12.8 Å². The summed E-state index contributed by atoms with van der Waals surface area (Å²) >= 11 is 6.41. The molecule has 3 rings (SSSR count). The third-order valence-corrected chi connectivity index (χ3v) is 5.25. The zero-order chi connectivity index (χ0) is 21.3. The summed E-state index contributed by atoms with van der Waals surface area (Å²) in [5.74, 6) is 0.140. The number of aryl methyl sites for hydroxylation is 2. The van der Waals surface area contributed by atoms with E-state index in [1.807, 2.05) is 48.6 Å². The molecular weight excluding hydrogens is 392 g/mol. The van der Waals surface area contributed by atoms with Crippen LogP contribution in [0.1, 0.15) is 34.3 Å². The Balaban J connectivity index is 1.65. The number of carbonyl (C=O) groups excluding carboxylic acids is 1. The molecule has 0 aliphatic rings. The molecular formula is C27H25ClO2. The summed E-state index contributed by atoms with van der Waals surface area (Å²) in [5, 5.41) is 0.751. The minimum Gasteiger partial charge on any atom is -0.423 e. The highest BCUT2D eigenvalue weighted by molar-refractivity contribution is 6.31. The fraction of sp³-hybridized carbons (Fsp3) is 0.148. The van der Waals surface area contributed by atoms with Gasteiger partial charge in [-0.05, 0) is 78.3 Å². The molecule has 0 radical (unpaired) electrons. The SMILES string of the molecule is C=CCCc1ccc(C(=O)Oc2ccc(-c3ccc(CCC=C)c(Cl)c3)cc2)cc1. The van der Waals surface area contributed by atoms with E-state index in [4.69, 9.17) is 16.3 Å². The number of benzene rings is 3. The van der Waals surface area contributed by atoms with E-state index in [1.165, 1.54) is 5.56 Å². The van der Waals surface area contributed by atoms with Crippen LogP contribution in [0.15, 0.2) is 92.0 Å². The molecule has 0 heterocycles. The van der Waals surface area contributed by atoms with Gasteiger partial charge < -0.3 is 4.74 Å². The van der Waals surface area contributed by atoms with E-state index in [9.17, 15) is 4.79 Å². The van der Waals surface area contributed by atoms with Gasteiger partial charge in [-0.15, -0.1) is 13.2 Å². The maximum Gasteiger partial charge on any atom is 0.343 e. The summed E-state index contributed by atoms with van der Waals surface area (Å²) in [6, 6.07) is 21.0. The number of ether oxygens (including phenoxy) is 1. The number of carbonyl (C=O) groups is 1. The van der Waals surface area contributed by atoms with Crippen LogP contribution in [0.4, 0.5) is 0 Å². The van der Waals surface area contributed by atoms with Crippen molar-refractivity contribution < 1.29 is 9.53 Å². The largest absolute Gasteiger partial charge is 0.423 e. The summed E-state index contributed by atoms with van der Waals surface area (Å²) in [7, 11) is 0. The Morgan fingerprint density at radius 1 is 0.833 bits per heavy atom. The lowest BCUT2D eigenvalue weighted by molar-refractivity contribution is 0.0735. The molecule has 0 saturated heterocycles. The Bertz CT molecular complexity index is 1020. The van der Waals surface area contributed by atoms with Crippen molar-refractivity contribution in [2.45, 2.75) is 25.7 Å². The van der Waals surface area contributed by atoms with Gasteiger partial charge in [0.05, 0.1) is 5.56 Å². The van der Waals surface area contributed by atoms with Crippen molar-refractivity contribution in [3.05, 3.63) is 114 Å². The predicted molar refractivity (Wildman–Crippen MR) is 125 cm³/mol. The quantitative estimate of drug-likeness (QED) is 0.205. The molecule has 2 nitrogen and oxygen atoms in total. The van der Waals surface area contributed by atoms with Crippen molar-refractivity contribution in [1.29, 1.82) is 0 Å². The van der Waals surface area contributed by atoms with Crippen molar-refractivity contribution in [2.75, 3.05) is 0 Å². The van der Waals surface area contributed by atoms with E-state index < -0.39 is 0 Å². The van der Waals surface area contributed by atoms with Gasteiger partial charge in [0.15, 0.2) is 0 Å². The number of rotatable bonds is 9. The zero-order valence-electron chi connectivity index (χ0n) is 16.9. The molecule has 0 N–H and O–H groups in total. The zero-order valence-corrected chi connectivity index (χ0v) is 17.7. The van der Waals surface area contributed by atoms with Gasteiger partial charge in [-0.1, -0.05) is 60.2 Å². The molecule has 0 aliphatic carbocycles. The Labute approximate surface area is 183 Å². The number of hydrogen-bond donors (Lipinski definition) is 0. The van der Waals surface area contributed by atoms with Gasteiger partial charge in [-0.3, -0.25) is 0 Å². The molecule has 3 heteroatoms. The van der Waals surface area contributed by atoms with Gasteiger partial charge in [-0.2, -0.15) is 0 Å². The molecule has 30 heavy (non-hydrogen) atoms. The summed E-state index contributed by atoms with van der Waals surface area (Å²) in [5.41, 5.74) is 4.85. The Hall–Kier alpha value is -3.10. The second kappa shape index (κ2) is 10.6. The van der Waals surface area contributed by atoms with E-state index in [2.05, 4.69) is 19.2 Å². The molecule has 0 spiro atoms. The third kappa shape index (κ3) is 5.71. The molecule has 3 aromatic carbocycles. The minimum atomic E-state index is -0.368. The monoisotopic (exact) mass is 416 g/mol. The van der Waals surface area contributed by atoms with Gasteiger partial charge in [0, 0.05) is 5.02 Å². The van der Waals surface area contributed by atoms with Crippen LogP contribution in [0.25, 0.3) is 11.1 Å². The molecule has 152 valence electrons. The molecule has 0 aliphatic heterocycles. The standard InChI is InChI=1S/C27H25ClO2/c1-3-5-7-20-9-11-23(12-10-20)27(29)30-25-17-15-21(16-18-25)24-14-13-22(8-6-4-2)26(28)19-24/h3-4,9-19H,1-2,5-8H2. The van der Waals surface area contributed by atoms with E-state index in [0.717, 1.165) is 47.4 Å². The van der Waals surface area contributed by atoms with Crippen LogP contribution in [0.2, 0.25) is 5.02 Å². The van der Waals surface area contributed by atoms with Gasteiger partial charge in [-0.25, -0.2) is 4.79 Å². The fourth-order valence-electron chi connectivity index (χ4n) is 3.14. The molecule has 0 fully saturated rings. The molecule has 0 saturated carbocycles. The first-order chi connectivity index (χ1) is 14.6. The van der Waals surface area contributed by atoms with Crippen LogP contribution in [0, 0.1) is 0 Å². The normalized spacial score (nSPS) is 10.4. The predicted octanol–water partition coefficient (Wildman–Crippen LogP) is 7.46. The average Bonchev–Trinajstić information content (AvgIpc) is 2.77. The van der Waals surface area contributed by atoms with Crippen LogP contribution in [-0.4, -0.2) is 5.97 Å². The van der Waals surface area contributed by atoms with Gasteiger partial charge >= 0.3 is 5.97 Å². The maximum atomic E-state index is 12.4. The lowest BCUT2D eigenvalue weighted by Gasteiger charge is -2.09. The smallest absolute Gasteiger partial charge is 0.343 e. The summed E-state index contributed by atoms with van der Waals surface area (Å²) in [4.78, 5) is 12.4. The third-order valence-electron chi connectivity index (χ3n) is 4.90. The summed E-state index contributed by atoms with van der Waals surface area (Å²) < 4.78 is 5.51. The Kier molecular flexibility index (Phi) is 7.64. The van der Waals surface area contributed by atoms with Crippen LogP contribution >= 0.6 is 11.6 Å². The van der Waals surface area contributed by atoms with Crippen molar-refractivity contribution >= 4 is 17.6 Å². The Morgan fingerprint density at radius 2 is 1.47 bits per heavy atom. The number of halogens is 1. The molecule has 0 atom stereocenters. The van der Waals surface area contributed by atoms with Gasteiger partial charge in [0.25, 0.3) is 0 Å². The lowest BCUT2D eigenvalue weighted by Crippen LogP contribution is -2.08. The van der Waals surface area contributed by atoms with Crippen LogP contribution < -0.4 is 4.74 Å². The van der Waals surface area contributed by atoms with E-state index in [0.29, 0.717) is 11.3 Å². The molecule has 0 bridgehead atoms. The van der Waals surface area contributed by atoms with E-state index in [1.54, 1.807) is 24.3 Å². The average molecular weight is 417 g/mol. The molecule has 0 unspecified atom stereocenters. The van der Waals surface area contributed by atoms with Gasteiger partial charge in [0.2, 0.25) is 0 Å².